The van der Waals surface area contributed by atoms with E-state index >= 15 is 0 Å². The molecule has 0 atom stereocenters. The van der Waals surface area contributed by atoms with E-state index in [0.717, 1.165) is 0 Å². The zero-order chi connectivity index (χ0) is 13.0. The van der Waals surface area contributed by atoms with Gasteiger partial charge in [0.1, 0.15) is 5.75 Å². The van der Waals surface area contributed by atoms with Crippen molar-refractivity contribution >= 4 is 17.3 Å². The summed E-state index contributed by atoms with van der Waals surface area (Å²) in [5.74, 6) is -0.0673. The third kappa shape index (κ3) is 3.01. The highest BCUT2D eigenvalue weighted by Crippen LogP contribution is 2.17. The minimum Gasteiger partial charge on any atom is -0.508 e. The molecule has 2 aromatic rings. The van der Waals surface area contributed by atoms with E-state index in [4.69, 9.17) is 5.73 Å². The van der Waals surface area contributed by atoms with Crippen LogP contribution in [0.5, 0.6) is 5.75 Å². The Morgan fingerprint density at radius 1 is 1.17 bits per heavy atom. The van der Waals surface area contributed by atoms with Gasteiger partial charge in [-0.15, -0.1) is 0 Å². The molecule has 0 bridgehead atoms. The van der Waals surface area contributed by atoms with E-state index in [0.29, 0.717) is 16.9 Å². The summed E-state index contributed by atoms with van der Waals surface area (Å²) >= 11 is 0. The number of aromatic hydroxyl groups is 1. The second-order valence-corrected chi connectivity index (χ2v) is 3.98. The maximum absolute atomic E-state index is 11.8. The molecule has 4 nitrogen and oxygen atoms in total. The molecule has 0 aromatic heterocycles. The van der Waals surface area contributed by atoms with Crippen molar-refractivity contribution in [1.29, 1.82) is 0 Å². The minimum atomic E-state index is -0.192. The molecule has 0 unspecified atom stereocenters. The van der Waals surface area contributed by atoms with Crippen molar-refractivity contribution in [2.45, 2.75) is 6.42 Å². The topological polar surface area (TPSA) is 75.3 Å². The van der Waals surface area contributed by atoms with Gasteiger partial charge in [0.25, 0.3) is 0 Å². The lowest BCUT2D eigenvalue weighted by molar-refractivity contribution is -0.115. The summed E-state index contributed by atoms with van der Waals surface area (Å²) < 4.78 is 0. The number of anilines is 2. The Bertz CT molecular complexity index is 567. The van der Waals surface area contributed by atoms with E-state index in [1.54, 1.807) is 48.5 Å². The first-order valence-electron chi connectivity index (χ1n) is 5.57. The van der Waals surface area contributed by atoms with Crippen LogP contribution in [0.15, 0.2) is 48.5 Å². The van der Waals surface area contributed by atoms with Crippen LogP contribution >= 0.6 is 0 Å². The zero-order valence-corrected chi connectivity index (χ0v) is 9.76. The molecule has 0 aliphatic rings. The van der Waals surface area contributed by atoms with Crippen molar-refractivity contribution in [1.82, 2.24) is 0 Å². The van der Waals surface area contributed by atoms with E-state index < -0.39 is 0 Å². The van der Waals surface area contributed by atoms with Crippen LogP contribution in [-0.4, -0.2) is 11.0 Å². The molecule has 2 rings (SSSR count). The van der Waals surface area contributed by atoms with Gasteiger partial charge in [0, 0.05) is 16.9 Å². The van der Waals surface area contributed by atoms with Crippen molar-refractivity contribution in [2.24, 2.45) is 0 Å². The molecule has 0 aliphatic heterocycles. The number of carbonyl (C=O) groups is 1. The number of carbonyl (C=O) groups excluding carboxylic acids is 1. The van der Waals surface area contributed by atoms with Crippen LogP contribution in [-0.2, 0) is 11.2 Å². The van der Waals surface area contributed by atoms with E-state index in [1.807, 2.05) is 0 Å². The van der Waals surface area contributed by atoms with Gasteiger partial charge < -0.3 is 16.2 Å². The molecule has 4 N–H and O–H groups in total. The molecule has 0 fully saturated rings. The summed E-state index contributed by atoms with van der Waals surface area (Å²) in [6.45, 7) is 0. The Kier molecular flexibility index (Phi) is 3.48. The Hall–Kier alpha value is -2.49. The number of rotatable bonds is 3. The van der Waals surface area contributed by atoms with Crippen molar-refractivity contribution in [3.8, 4) is 5.75 Å². The Morgan fingerprint density at radius 2 is 1.94 bits per heavy atom. The third-order valence-electron chi connectivity index (χ3n) is 2.51. The van der Waals surface area contributed by atoms with Gasteiger partial charge in [-0.2, -0.15) is 0 Å². The highest BCUT2D eigenvalue weighted by Gasteiger charge is 2.07. The van der Waals surface area contributed by atoms with Gasteiger partial charge in [0.15, 0.2) is 0 Å². The Balaban J connectivity index is 2.03. The fourth-order valence-electron chi connectivity index (χ4n) is 1.65. The monoisotopic (exact) mass is 242 g/mol. The fourth-order valence-corrected chi connectivity index (χ4v) is 1.65. The van der Waals surface area contributed by atoms with Crippen molar-refractivity contribution < 1.29 is 9.90 Å². The third-order valence-corrected chi connectivity index (χ3v) is 2.51. The maximum Gasteiger partial charge on any atom is 0.228 e. The van der Waals surface area contributed by atoms with Crippen LogP contribution in [0.4, 0.5) is 11.4 Å². The van der Waals surface area contributed by atoms with Crippen LogP contribution in [0, 0.1) is 0 Å². The number of amides is 1. The molecule has 0 aliphatic carbocycles. The first-order chi connectivity index (χ1) is 8.65. The lowest BCUT2D eigenvalue weighted by Gasteiger charge is -2.07. The number of benzene rings is 2. The first kappa shape index (κ1) is 12.0. The largest absolute Gasteiger partial charge is 0.508 e. The van der Waals surface area contributed by atoms with Crippen LogP contribution < -0.4 is 11.1 Å². The normalized spacial score (nSPS) is 10.0. The lowest BCUT2D eigenvalue weighted by Crippen LogP contribution is -2.14. The molecule has 2 aromatic carbocycles. The quantitative estimate of drug-likeness (QED) is 0.722. The minimum absolute atomic E-state index is 0.125. The Labute approximate surface area is 105 Å². The number of phenols is 1. The van der Waals surface area contributed by atoms with Gasteiger partial charge in [-0.1, -0.05) is 24.3 Å². The molecule has 0 radical (unpaired) electrons. The number of hydrogen-bond acceptors (Lipinski definition) is 3. The summed E-state index contributed by atoms with van der Waals surface area (Å²) in [7, 11) is 0. The number of nitrogen functional groups attached to an aromatic ring is 1. The zero-order valence-electron chi connectivity index (χ0n) is 9.76. The van der Waals surface area contributed by atoms with E-state index in [2.05, 4.69) is 5.32 Å². The fraction of sp³-hybridized carbons (Fsp3) is 0.0714. The number of nitrogens with one attached hydrogen (secondary N) is 1. The van der Waals surface area contributed by atoms with Crippen molar-refractivity contribution in [3.05, 3.63) is 54.1 Å². The molecule has 0 saturated carbocycles. The molecule has 0 saturated heterocycles. The summed E-state index contributed by atoms with van der Waals surface area (Å²) in [5, 5.41) is 12.3. The van der Waals surface area contributed by atoms with Crippen LogP contribution in [0.25, 0.3) is 0 Å². The van der Waals surface area contributed by atoms with Gasteiger partial charge in [-0.25, -0.2) is 0 Å². The molecule has 0 spiro atoms. The highest BCUT2D eigenvalue weighted by atomic mass is 16.3. The van der Waals surface area contributed by atoms with Crippen LogP contribution in [0.2, 0.25) is 0 Å². The van der Waals surface area contributed by atoms with Crippen molar-refractivity contribution in [2.75, 3.05) is 11.1 Å². The molecule has 1 amide bonds. The standard InChI is InChI=1S/C14H14N2O2/c15-11-5-3-6-12(9-11)16-14(18)8-10-4-1-2-7-13(10)17/h1-7,9,17H,8,15H2,(H,16,18). The first-order valence-corrected chi connectivity index (χ1v) is 5.57. The highest BCUT2D eigenvalue weighted by molar-refractivity contribution is 5.93. The summed E-state index contributed by atoms with van der Waals surface area (Å²) in [4.78, 5) is 11.8. The molecule has 4 heteroatoms. The average molecular weight is 242 g/mol. The molecule has 92 valence electrons. The number of hydrogen-bond donors (Lipinski definition) is 3. The van der Waals surface area contributed by atoms with Crippen LogP contribution in [0.1, 0.15) is 5.56 Å². The second kappa shape index (κ2) is 5.23. The maximum atomic E-state index is 11.8. The summed E-state index contributed by atoms with van der Waals surface area (Å²) in [6.07, 6.45) is 0.126. The predicted octanol–water partition coefficient (Wildman–Crippen LogP) is 2.16. The van der Waals surface area contributed by atoms with E-state index in [1.165, 1.54) is 0 Å². The van der Waals surface area contributed by atoms with Gasteiger partial charge in [-0.05, 0) is 24.3 Å². The number of phenolic OH excluding ortho intramolecular Hbond substituents is 1. The summed E-state index contributed by atoms with van der Waals surface area (Å²) in [6, 6.07) is 13.7. The van der Waals surface area contributed by atoms with Crippen LogP contribution in [0.3, 0.4) is 0 Å². The molecule has 0 heterocycles. The number of para-hydroxylation sites is 1. The van der Waals surface area contributed by atoms with Gasteiger partial charge in [-0.3, -0.25) is 4.79 Å². The smallest absolute Gasteiger partial charge is 0.228 e. The van der Waals surface area contributed by atoms with Gasteiger partial charge >= 0.3 is 0 Å². The lowest BCUT2D eigenvalue weighted by atomic mass is 10.1. The Morgan fingerprint density at radius 3 is 2.67 bits per heavy atom. The molecular formula is C14H14N2O2. The van der Waals surface area contributed by atoms with Crippen molar-refractivity contribution in [3.63, 3.8) is 0 Å². The predicted molar refractivity (Wildman–Crippen MR) is 71.3 cm³/mol. The van der Waals surface area contributed by atoms with E-state index in [9.17, 15) is 9.90 Å². The van der Waals surface area contributed by atoms with Gasteiger partial charge in [0.05, 0.1) is 6.42 Å². The average Bonchev–Trinajstić information content (AvgIpc) is 2.32. The molecular weight excluding hydrogens is 228 g/mol. The second-order valence-electron chi connectivity index (χ2n) is 3.98. The number of nitrogens with two attached hydrogens (primary N) is 1. The van der Waals surface area contributed by atoms with E-state index in [-0.39, 0.29) is 18.1 Å². The molecule has 18 heavy (non-hydrogen) atoms. The SMILES string of the molecule is Nc1cccc(NC(=O)Cc2ccccc2O)c1. The van der Waals surface area contributed by atoms with Gasteiger partial charge in [0.2, 0.25) is 5.91 Å². The summed E-state index contributed by atoms with van der Waals surface area (Å²) in [5.41, 5.74) is 7.46.